The second kappa shape index (κ2) is 5.03. The van der Waals surface area contributed by atoms with Crippen LogP contribution in [0.1, 0.15) is 24.6 Å². The van der Waals surface area contributed by atoms with Crippen LogP contribution in [0.4, 0.5) is 11.5 Å². The lowest BCUT2D eigenvalue weighted by Gasteiger charge is -2.08. The molecule has 2 heterocycles. The third-order valence-corrected chi connectivity index (χ3v) is 4.66. The highest BCUT2D eigenvalue weighted by atomic mass is 15.1. The molecule has 5 rings (SSSR count). The van der Waals surface area contributed by atoms with Crippen molar-refractivity contribution in [2.45, 2.75) is 18.8 Å². The molecule has 1 fully saturated rings. The summed E-state index contributed by atoms with van der Waals surface area (Å²) in [5, 5.41) is 4.43. The van der Waals surface area contributed by atoms with Crippen molar-refractivity contribution in [2.24, 2.45) is 7.05 Å². The number of benzene rings is 2. The fourth-order valence-corrected chi connectivity index (χ4v) is 3.24. The van der Waals surface area contributed by atoms with E-state index in [9.17, 15) is 0 Å². The Hall–Kier alpha value is -2.95. The van der Waals surface area contributed by atoms with Crippen molar-refractivity contribution in [3.63, 3.8) is 0 Å². The van der Waals surface area contributed by atoms with Crippen molar-refractivity contribution in [1.82, 2.24) is 19.5 Å². The van der Waals surface area contributed by atoms with Crippen molar-refractivity contribution in [1.29, 1.82) is 0 Å². The Morgan fingerprint density at radius 2 is 1.92 bits per heavy atom. The minimum atomic E-state index is 0.643. The molecule has 2 aromatic carbocycles. The lowest BCUT2D eigenvalue weighted by atomic mass is 10.2. The molecule has 4 aromatic rings. The average Bonchev–Trinajstić information content (AvgIpc) is 3.40. The van der Waals surface area contributed by atoms with Gasteiger partial charge in [0.15, 0.2) is 0 Å². The van der Waals surface area contributed by atoms with Crippen molar-refractivity contribution < 1.29 is 0 Å². The first-order chi connectivity index (χ1) is 11.8. The molecule has 1 aliphatic carbocycles. The SMILES string of the molecule is Cn1c(C2CC2)nc2cc(Nc3ncnc4ccccc34)ccc21. The summed E-state index contributed by atoms with van der Waals surface area (Å²) >= 11 is 0. The lowest BCUT2D eigenvalue weighted by molar-refractivity contribution is 0.820. The van der Waals surface area contributed by atoms with Crippen LogP contribution in [-0.2, 0) is 7.05 Å². The predicted octanol–water partition coefficient (Wildman–Crippen LogP) is 4.14. The first-order valence-corrected chi connectivity index (χ1v) is 8.23. The molecule has 5 nitrogen and oxygen atoms in total. The number of fused-ring (bicyclic) bond motifs is 2. The van der Waals surface area contributed by atoms with E-state index in [1.54, 1.807) is 6.33 Å². The van der Waals surface area contributed by atoms with E-state index in [0.717, 1.165) is 27.9 Å². The van der Waals surface area contributed by atoms with Crippen LogP contribution >= 0.6 is 0 Å². The van der Waals surface area contributed by atoms with Crippen LogP contribution in [0.2, 0.25) is 0 Å². The van der Waals surface area contributed by atoms with Gasteiger partial charge in [0.2, 0.25) is 0 Å². The molecule has 1 N–H and O–H groups in total. The Balaban J connectivity index is 1.56. The maximum Gasteiger partial charge on any atom is 0.141 e. The Bertz CT molecular complexity index is 1060. The third kappa shape index (κ3) is 2.12. The number of hydrogen-bond donors (Lipinski definition) is 1. The molecular weight excluding hydrogens is 298 g/mol. The van der Waals surface area contributed by atoms with Gasteiger partial charge >= 0.3 is 0 Å². The third-order valence-electron chi connectivity index (χ3n) is 4.66. The van der Waals surface area contributed by atoms with Gasteiger partial charge in [-0.3, -0.25) is 0 Å². The van der Waals surface area contributed by atoms with Gasteiger partial charge in [0.25, 0.3) is 0 Å². The molecule has 0 bridgehead atoms. The van der Waals surface area contributed by atoms with E-state index in [2.05, 4.69) is 45.1 Å². The van der Waals surface area contributed by atoms with Gasteiger partial charge in [-0.1, -0.05) is 12.1 Å². The first kappa shape index (κ1) is 13.5. The highest BCUT2D eigenvalue weighted by molar-refractivity contribution is 5.91. The number of aromatic nitrogens is 4. The molecule has 0 unspecified atom stereocenters. The minimum absolute atomic E-state index is 0.643. The number of aryl methyl sites for hydroxylation is 1. The number of anilines is 2. The van der Waals surface area contributed by atoms with Crippen LogP contribution in [-0.4, -0.2) is 19.5 Å². The van der Waals surface area contributed by atoms with E-state index in [4.69, 9.17) is 4.98 Å². The quantitative estimate of drug-likeness (QED) is 0.617. The number of para-hydroxylation sites is 1. The molecule has 0 radical (unpaired) electrons. The summed E-state index contributed by atoms with van der Waals surface area (Å²) in [6.45, 7) is 0. The molecule has 0 atom stereocenters. The summed E-state index contributed by atoms with van der Waals surface area (Å²) < 4.78 is 2.22. The lowest BCUT2D eigenvalue weighted by Crippen LogP contribution is -1.96. The number of hydrogen-bond acceptors (Lipinski definition) is 4. The van der Waals surface area contributed by atoms with Gasteiger partial charge in [-0.2, -0.15) is 0 Å². The number of imidazole rings is 1. The topological polar surface area (TPSA) is 55.6 Å². The van der Waals surface area contributed by atoms with Crippen LogP contribution < -0.4 is 5.32 Å². The Morgan fingerprint density at radius 3 is 2.79 bits per heavy atom. The van der Waals surface area contributed by atoms with Crippen molar-refractivity contribution in [3.8, 4) is 0 Å². The summed E-state index contributed by atoms with van der Waals surface area (Å²) in [5.41, 5.74) is 4.13. The first-order valence-electron chi connectivity index (χ1n) is 8.23. The fourth-order valence-electron chi connectivity index (χ4n) is 3.24. The number of nitrogens with zero attached hydrogens (tertiary/aromatic N) is 4. The van der Waals surface area contributed by atoms with Crippen molar-refractivity contribution >= 4 is 33.4 Å². The minimum Gasteiger partial charge on any atom is -0.340 e. The maximum absolute atomic E-state index is 4.83. The average molecular weight is 315 g/mol. The Labute approximate surface area is 139 Å². The summed E-state index contributed by atoms with van der Waals surface area (Å²) in [6, 6.07) is 14.3. The predicted molar refractivity (Wildman–Crippen MR) is 95.5 cm³/mol. The van der Waals surface area contributed by atoms with Crippen molar-refractivity contribution in [2.75, 3.05) is 5.32 Å². The number of rotatable bonds is 3. The summed E-state index contributed by atoms with van der Waals surface area (Å²) in [7, 11) is 2.11. The van der Waals surface area contributed by atoms with Gasteiger partial charge in [-0.05, 0) is 43.2 Å². The Kier molecular flexibility index (Phi) is 2.82. The molecule has 2 aromatic heterocycles. The fraction of sp³-hybridized carbons (Fsp3) is 0.211. The summed E-state index contributed by atoms with van der Waals surface area (Å²) in [6.07, 6.45) is 4.11. The van der Waals surface area contributed by atoms with E-state index >= 15 is 0 Å². The molecule has 24 heavy (non-hydrogen) atoms. The van der Waals surface area contributed by atoms with Gasteiger partial charge in [0, 0.05) is 24.0 Å². The van der Waals surface area contributed by atoms with Gasteiger partial charge in [-0.25, -0.2) is 15.0 Å². The molecule has 5 heteroatoms. The second-order valence-electron chi connectivity index (χ2n) is 6.37. The molecule has 0 spiro atoms. The molecule has 118 valence electrons. The largest absolute Gasteiger partial charge is 0.340 e. The smallest absolute Gasteiger partial charge is 0.141 e. The zero-order valence-corrected chi connectivity index (χ0v) is 13.4. The van der Waals surface area contributed by atoms with E-state index in [-0.39, 0.29) is 0 Å². The van der Waals surface area contributed by atoms with E-state index < -0.39 is 0 Å². The number of nitrogens with one attached hydrogen (secondary N) is 1. The summed E-state index contributed by atoms with van der Waals surface area (Å²) in [4.78, 5) is 13.5. The zero-order valence-electron chi connectivity index (χ0n) is 13.4. The van der Waals surface area contributed by atoms with Gasteiger partial charge in [-0.15, -0.1) is 0 Å². The van der Waals surface area contributed by atoms with E-state index in [1.165, 1.54) is 24.2 Å². The van der Waals surface area contributed by atoms with Crippen molar-refractivity contribution in [3.05, 3.63) is 54.6 Å². The van der Waals surface area contributed by atoms with Gasteiger partial charge < -0.3 is 9.88 Å². The molecule has 0 amide bonds. The van der Waals surface area contributed by atoms with E-state index in [0.29, 0.717) is 5.92 Å². The van der Waals surface area contributed by atoms with Crippen LogP contribution in [0.25, 0.3) is 21.9 Å². The normalized spacial score (nSPS) is 14.4. The summed E-state index contributed by atoms with van der Waals surface area (Å²) in [5.74, 6) is 2.66. The van der Waals surface area contributed by atoms with Gasteiger partial charge in [0.05, 0.1) is 16.6 Å². The van der Waals surface area contributed by atoms with Crippen LogP contribution in [0.15, 0.2) is 48.8 Å². The highest BCUT2D eigenvalue weighted by Crippen LogP contribution is 2.40. The van der Waals surface area contributed by atoms with Crippen LogP contribution in [0.3, 0.4) is 0 Å². The maximum atomic E-state index is 4.83. The second-order valence-corrected chi connectivity index (χ2v) is 6.37. The molecule has 0 saturated heterocycles. The Morgan fingerprint density at radius 1 is 1.04 bits per heavy atom. The zero-order chi connectivity index (χ0) is 16.1. The molecular formula is C19H17N5. The van der Waals surface area contributed by atoms with E-state index in [1.807, 2.05) is 24.3 Å². The molecule has 1 saturated carbocycles. The molecule has 0 aliphatic heterocycles. The molecule has 1 aliphatic rings. The van der Waals surface area contributed by atoms with Gasteiger partial charge in [0.1, 0.15) is 18.0 Å². The van der Waals surface area contributed by atoms with Crippen LogP contribution in [0.5, 0.6) is 0 Å². The van der Waals surface area contributed by atoms with Crippen LogP contribution in [0, 0.1) is 0 Å². The highest BCUT2D eigenvalue weighted by Gasteiger charge is 2.28. The standard InChI is InChI=1S/C19H17N5/c1-24-17-9-8-13(10-16(17)23-19(24)12-6-7-12)22-18-14-4-2-3-5-15(14)20-11-21-18/h2-5,8-12H,6-7H2,1H3,(H,20,21,22). The monoisotopic (exact) mass is 315 g/mol.